The van der Waals surface area contributed by atoms with Crippen LogP contribution in [0.25, 0.3) is 32.3 Å². The molecular weight excluding hydrogens is 311 g/mol. The molecule has 0 aliphatic heterocycles. The second-order valence-electron chi connectivity index (χ2n) is 4.91. The molecule has 6 heteroatoms. The summed E-state index contributed by atoms with van der Waals surface area (Å²) in [5.74, 6) is 0.0655. The molecular formula is C16H9NaO4S. The van der Waals surface area contributed by atoms with Crippen molar-refractivity contribution in [3.05, 3.63) is 54.6 Å². The Morgan fingerprint density at radius 2 is 1.32 bits per heavy atom. The molecule has 0 unspecified atom stereocenters. The van der Waals surface area contributed by atoms with Gasteiger partial charge in [-0.1, -0.05) is 42.5 Å². The van der Waals surface area contributed by atoms with Gasteiger partial charge >= 0.3 is 29.6 Å². The van der Waals surface area contributed by atoms with Crippen LogP contribution in [-0.4, -0.2) is 13.0 Å². The van der Waals surface area contributed by atoms with E-state index in [4.69, 9.17) is 0 Å². The molecule has 0 atom stereocenters. The van der Waals surface area contributed by atoms with E-state index in [2.05, 4.69) is 4.18 Å². The van der Waals surface area contributed by atoms with E-state index in [1.165, 1.54) is 6.07 Å². The molecule has 4 nitrogen and oxygen atoms in total. The first-order valence-electron chi connectivity index (χ1n) is 6.35. The fraction of sp³-hybridized carbons (Fsp3) is 0. The molecule has 0 saturated carbocycles. The van der Waals surface area contributed by atoms with Crippen LogP contribution in [0.15, 0.2) is 54.6 Å². The molecule has 22 heavy (non-hydrogen) atoms. The van der Waals surface area contributed by atoms with Gasteiger partial charge in [0.15, 0.2) is 0 Å². The van der Waals surface area contributed by atoms with Gasteiger partial charge in [0.05, 0.1) is 0 Å². The number of hydrogen-bond donors (Lipinski definition) is 0. The van der Waals surface area contributed by atoms with E-state index in [1.54, 1.807) is 12.1 Å². The molecule has 0 saturated heterocycles. The minimum atomic E-state index is -4.79. The maximum atomic E-state index is 10.9. The molecule has 0 heterocycles. The summed E-state index contributed by atoms with van der Waals surface area (Å²) in [6.07, 6.45) is 0. The van der Waals surface area contributed by atoms with Crippen LogP contribution in [0, 0.1) is 0 Å². The summed E-state index contributed by atoms with van der Waals surface area (Å²) >= 11 is 0. The van der Waals surface area contributed by atoms with Crippen molar-refractivity contribution < 1.29 is 46.7 Å². The van der Waals surface area contributed by atoms with Crippen molar-refractivity contribution in [1.82, 2.24) is 0 Å². The number of rotatable bonds is 2. The monoisotopic (exact) mass is 320 g/mol. The van der Waals surface area contributed by atoms with Crippen LogP contribution >= 0.6 is 0 Å². The maximum Gasteiger partial charge on any atom is 1.00 e. The Kier molecular flexibility index (Phi) is 3.79. The molecule has 0 aliphatic carbocycles. The summed E-state index contributed by atoms with van der Waals surface area (Å²) in [5, 5.41) is 5.68. The van der Waals surface area contributed by atoms with E-state index >= 15 is 0 Å². The van der Waals surface area contributed by atoms with Crippen molar-refractivity contribution in [3.8, 4) is 5.75 Å². The summed E-state index contributed by atoms with van der Waals surface area (Å²) in [7, 11) is -4.79. The Balaban J connectivity index is 0.00000144. The van der Waals surface area contributed by atoms with Crippen LogP contribution < -0.4 is 33.7 Å². The Hall–Kier alpha value is -1.37. The van der Waals surface area contributed by atoms with Crippen molar-refractivity contribution in [2.24, 2.45) is 0 Å². The first-order chi connectivity index (χ1) is 10.0. The molecule has 4 aromatic carbocycles. The van der Waals surface area contributed by atoms with Gasteiger partial charge in [0.1, 0.15) is 5.75 Å². The van der Waals surface area contributed by atoms with Crippen molar-refractivity contribution in [3.63, 3.8) is 0 Å². The van der Waals surface area contributed by atoms with Crippen LogP contribution in [0.2, 0.25) is 0 Å². The second-order valence-corrected chi connectivity index (χ2v) is 5.89. The van der Waals surface area contributed by atoms with Gasteiger partial charge < -0.3 is 8.74 Å². The smallest absolute Gasteiger partial charge is 0.716 e. The fourth-order valence-corrected chi connectivity index (χ4v) is 3.26. The van der Waals surface area contributed by atoms with Gasteiger partial charge in [0, 0.05) is 10.8 Å². The van der Waals surface area contributed by atoms with Gasteiger partial charge in [0.2, 0.25) is 0 Å². The molecule has 0 bridgehead atoms. The molecule has 0 aromatic heterocycles. The van der Waals surface area contributed by atoms with E-state index in [0.717, 1.165) is 26.9 Å². The van der Waals surface area contributed by atoms with Crippen molar-refractivity contribution in [2.75, 3.05) is 0 Å². The fourth-order valence-electron chi connectivity index (χ4n) is 2.89. The van der Waals surface area contributed by atoms with Gasteiger partial charge in [-0.25, -0.2) is 8.42 Å². The molecule has 0 amide bonds. The molecule has 0 aliphatic rings. The summed E-state index contributed by atoms with van der Waals surface area (Å²) in [6.45, 7) is 0. The van der Waals surface area contributed by atoms with Gasteiger partial charge in [-0.2, -0.15) is 0 Å². The predicted octanol–water partition coefficient (Wildman–Crippen LogP) is 0.427. The van der Waals surface area contributed by atoms with Crippen LogP contribution in [-0.2, 0) is 10.4 Å². The summed E-state index contributed by atoms with van der Waals surface area (Å²) in [4.78, 5) is 0. The normalized spacial score (nSPS) is 11.9. The quantitative estimate of drug-likeness (QED) is 0.232. The minimum Gasteiger partial charge on any atom is -0.716 e. The van der Waals surface area contributed by atoms with Gasteiger partial charge in [-0.05, 0) is 33.7 Å². The Morgan fingerprint density at radius 3 is 1.95 bits per heavy atom. The third-order valence-corrected chi connectivity index (χ3v) is 4.06. The van der Waals surface area contributed by atoms with Crippen LogP contribution in [0.3, 0.4) is 0 Å². The molecule has 0 fully saturated rings. The molecule has 0 radical (unpaired) electrons. The van der Waals surface area contributed by atoms with Gasteiger partial charge in [-0.3, -0.25) is 0 Å². The van der Waals surface area contributed by atoms with Crippen LogP contribution in [0.5, 0.6) is 5.75 Å². The zero-order valence-corrected chi connectivity index (χ0v) is 14.6. The third-order valence-electron chi connectivity index (χ3n) is 3.68. The summed E-state index contributed by atoms with van der Waals surface area (Å²) in [5.41, 5.74) is 0. The molecule has 4 aromatic rings. The maximum absolute atomic E-state index is 10.9. The Labute approximate surface area is 149 Å². The van der Waals surface area contributed by atoms with E-state index in [-0.39, 0.29) is 35.3 Å². The minimum absolute atomic E-state index is 0. The largest absolute Gasteiger partial charge is 1.00 e. The zero-order chi connectivity index (χ0) is 14.6. The van der Waals surface area contributed by atoms with Crippen LogP contribution in [0.1, 0.15) is 0 Å². The van der Waals surface area contributed by atoms with E-state index in [0.29, 0.717) is 5.39 Å². The SMILES string of the molecule is O=S(=O)([O-])Oc1ccc2ccc3cccc4ccc1c2c34.[Na+]. The standard InChI is InChI=1S/C16H10O4S.Na/c17-21(18,19)20-14-9-7-12-5-4-10-2-1-3-11-6-8-13(14)16(12)15(10)11;/h1-9H,(H,17,18,19);/q;+1/p-1. The Morgan fingerprint density at radius 1 is 0.773 bits per heavy atom. The third kappa shape index (κ3) is 2.45. The summed E-state index contributed by atoms with van der Waals surface area (Å²) < 4.78 is 37.2. The second kappa shape index (κ2) is 5.37. The van der Waals surface area contributed by atoms with Crippen molar-refractivity contribution >= 4 is 42.7 Å². The molecule has 0 N–H and O–H groups in total. The van der Waals surface area contributed by atoms with E-state index in [1.807, 2.05) is 36.4 Å². The van der Waals surface area contributed by atoms with Crippen molar-refractivity contribution in [1.29, 1.82) is 0 Å². The molecule has 4 rings (SSSR count). The molecule has 104 valence electrons. The number of hydrogen-bond acceptors (Lipinski definition) is 4. The average Bonchev–Trinajstić information content (AvgIpc) is 2.45. The van der Waals surface area contributed by atoms with Gasteiger partial charge in [-0.15, -0.1) is 0 Å². The molecule has 0 spiro atoms. The summed E-state index contributed by atoms with van der Waals surface area (Å²) in [6, 6.07) is 16.9. The first kappa shape index (κ1) is 15.5. The van der Waals surface area contributed by atoms with Gasteiger partial charge in [0.25, 0.3) is 10.4 Å². The topological polar surface area (TPSA) is 66.4 Å². The van der Waals surface area contributed by atoms with Crippen molar-refractivity contribution in [2.45, 2.75) is 0 Å². The Bertz CT molecular complexity index is 1070. The first-order valence-corrected chi connectivity index (χ1v) is 7.68. The van der Waals surface area contributed by atoms with E-state index < -0.39 is 10.4 Å². The average molecular weight is 320 g/mol. The number of benzene rings is 4. The zero-order valence-electron chi connectivity index (χ0n) is 11.7. The predicted molar refractivity (Wildman–Crippen MR) is 80.5 cm³/mol. The van der Waals surface area contributed by atoms with E-state index in [9.17, 15) is 13.0 Å². The van der Waals surface area contributed by atoms with Crippen LogP contribution in [0.4, 0.5) is 0 Å².